The molecule has 27 heavy (non-hydrogen) atoms. The van der Waals surface area contributed by atoms with Crippen molar-refractivity contribution in [2.75, 3.05) is 5.75 Å². The van der Waals surface area contributed by atoms with Crippen LogP contribution in [-0.4, -0.2) is 25.1 Å². The van der Waals surface area contributed by atoms with Crippen LogP contribution in [0.25, 0.3) is 11.3 Å². The molecule has 2 aromatic heterocycles. The lowest BCUT2D eigenvalue weighted by Crippen LogP contribution is -2.30. The molecule has 140 valence electrons. The van der Waals surface area contributed by atoms with Crippen LogP contribution in [0.1, 0.15) is 11.5 Å². The minimum Gasteiger partial charge on any atom is -0.459 e. The lowest BCUT2D eigenvalue weighted by atomic mass is 10.2. The summed E-state index contributed by atoms with van der Waals surface area (Å²) in [6, 6.07) is 16.2. The summed E-state index contributed by atoms with van der Waals surface area (Å²) in [7, 11) is -3.59. The highest BCUT2D eigenvalue weighted by Gasteiger charge is 2.18. The van der Waals surface area contributed by atoms with Crippen molar-refractivity contribution in [2.24, 2.45) is 0 Å². The second-order valence-electron chi connectivity index (χ2n) is 5.90. The number of aromatic nitrogens is 1. The smallest absolute Gasteiger partial charge is 0.235 e. The molecule has 2 heterocycles. The fraction of sp³-hybridized carbons (Fsp3) is 0.158. The van der Waals surface area contributed by atoms with Gasteiger partial charge in [-0.1, -0.05) is 34.1 Å². The number of nitrogens with one attached hydrogen (secondary N) is 1. The summed E-state index contributed by atoms with van der Waals surface area (Å²) < 4.78 is 30.9. The molecule has 0 saturated carbocycles. The first-order valence-corrected chi connectivity index (χ1v) is 10.7. The number of hydrogen-bond acceptors (Lipinski definition) is 5. The van der Waals surface area contributed by atoms with E-state index in [9.17, 15) is 13.2 Å². The number of sulfone groups is 1. The molecule has 0 aliphatic rings. The maximum atomic E-state index is 12.1. The van der Waals surface area contributed by atoms with Gasteiger partial charge >= 0.3 is 0 Å². The molecule has 0 unspecified atom stereocenters. The predicted molar refractivity (Wildman–Crippen MR) is 105 cm³/mol. The number of amides is 1. The Kier molecular flexibility index (Phi) is 6.08. The third kappa shape index (κ3) is 5.77. The SMILES string of the molecule is O=C(CS(=O)(=O)Cc1ccccn1)NCc1ccc(-c2ccc(Br)cc2)o1. The standard InChI is InChI=1S/C19H17BrN2O4S/c20-15-6-4-14(5-7-15)18-9-8-17(26-18)11-22-19(23)13-27(24,25)12-16-3-1-2-10-21-16/h1-10H,11-13H2,(H,22,23). The molecule has 3 aromatic rings. The Bertz CT molecular complexity index is 1020. The monoisotopic (exact) mass is 448 g/mol. The quantitative estimate of drug-likeness (QED) is 0.598. The third-order valence-electron chi connectivity index (χ3n) is 3.70. The van der Waals surface area contributed by atoms with Crippen molar-refractivity contribution in [1.29, 1.82) is 0 Å². The maximum absolute atomic E-state index is 12.1. The van der Waals surface area contributed by atoms with Crippen molar-refractivity contribution in [1.82, 2.24) is 10.3 Å². The van der Waals surface area contributed by atoms with E-state index in [2.05, 4.69) is 26.2 Å². The summed E-state index contributed by atoms with van der Waals surface area (Å²) in [5.41, 5.74) is 1.32. The Labute approximate surface area is 165 Å². The zero-order chi connectivity index (χ0) is 19.3. The fourth-order valence-corrected chi connectivity index (χ4v) is 3.93. The molecule has 0 radical (unpaired) electrons. The molecule has 0 atom stereocenters. The first-order chi connectivity index (χ1) is 12.9. The number of rotatable bonds is 7. The molecule has 8 heteroatoms. The van der Waals surface area contributed by atoms with E-state index in [4.69, 9.17) is 4.42 Å². The molecule has 0 aliphatic heterocycles. The van der Waals surface area contributed by atoms with Crippen molar-refractivity contribution in [2.45, 2.75) is 12.3 Å². The van der Waals surface area contributed by atoms with Gasteiger partial charge in [-0.2, -0.15) is 0 Å². The third-order valence-corrected chi connectivity index (χ3v) is 5.66. The van der Waals surface area contributed by atoms with Gasteiger partial charge in [-0.05, 0) is 36.4 Å². The molecular weight excluding hydrogens is 432 g/mol. The van der Waals surface area contributed by atoms with E-state index >= 15 is 0 Å². The minimum atomic E-state index is -3.59. The van der Waals surface area contributed by atoms with Crippen LogP contribution >= 0.6 is 15.9 Å². The minimum absolute atomic E-state index is 0.120. The van der Waals surface area contributed by atoms with Gasteiger partial charge in [0.2, 0.25) is 5.91 Å². The number of carbonyl (C=O) groups is 1. The number of hydrogen-bond donors (Lipinski definition) is 1. The number of halogens is 1. The second-order valence-corrected chi connectivity index (χ2v) is 8.88. The van der Waals surface area contributed by atoms with E-state index in [-0.39, 0.29) is 12.3 Å². The number of furan rings is 1. The zero-order valence-corrected chi connectivity index (χ0v) is 16.7. The molecule has 1 N–H and O–H groups in total. The van der Waals surface area contributed by atoms with Gasteiger partial charge < -0.3 is 9.73 Å². The number of pyridine rings is 1. The van der Waals surface area contributed by atoms with Crippen LogP contribution in [0.2, 0.25) is 0 Å². The van der Waals surface area contributed by atoms with E-state index in [1.807, 2.05) is 30.3 Å². The summed E-state index contributed by atoms with van der Waals surface area (Å²) >= 11 is 3.38. The predicted octanol–water partition coefficient (Wildman–Crippen LogP) is 3.34. The Balaban J connectivity index is 1.54. The summed E-state index contributed by atoms with van der Waals surface area (Å²) in [6.07, 6.45) is 1.52. The van der Waals surface area contributed by atoms with Crippen LogP contribution in [0.15, 0.2) is 69.7 Å². The number of benzene rings is 1. The topological polar surface area (TPSA) is 89.3 Å². The largest absolute Gasteiger partial charge is 0.459 e. The van der Waals surface area contributed by atoms with Crippen LogP contribution in [0.5, 0.6) is 0 Å². The van der Waals surface area contributed by atoms with Gasteiger partial charge in [-0.25, -0.2) is 8.42 Å². The first-order valence-electron chi connectivity index (χ1n) is 8.13. The number of carbonyl (C=O) groups excluding carboxylic acids is 1. The summed E-state index contributed by atoms with van der Waals surface area (Å²) in [4.78, 5) is 16.0. The van der Waals surface area contributed by atoms with Crippen molar-refractivity contribution in [3.05, 3.63) is 76.7 Å². The molecule has 0 fully saturated rings. The highest BCUT2D eigenvalue weighted by Crippen LogP contribution is 2.23. The highest BCUT2D eigenvalue weighted by atomic mass is 79.9. The average Bonchev–Trinajstić information content (AvgIpc) is 3.09. The van der Waals surface area contributed by atoms with E-state index in [0.29, 0.717) is 17.2 Å². The van der Waals surface area contributed by atoms with Crippen LogP contribution in [0, 0.1) is 0 Å². The molecule has 0 aliphatic carbocycles. The van der Waals surface area contributed by atoms with Gasteiger partial charge in [0, 0.05) is 16.2 Å². The molecule has 0 bridgehead atoms. The van der Waals surface area contributed by atoms with E-state index in [1.54, 1.807) is 24.3 Å². The van der Waals surface area contributed by atoms with Crippen molar-refractivity contribution in [3.8, 4) is 11.3 Å². The molecule has 0 saturated heterocycles. The molecule has 0 spiro atoms. The highest BCUT2D eigenvalue weighted by molar-refractivity contribution is 9.10. The van der Waals surface area contributed by atoms with Gasteiger partial charge in [-0.15, -0.1) is 0 Å². The molecular formula is C19H17BrN2O4S. The van der Waals surface area contributed by atoms with Crippen molar-refractivity contribution >= 4 is 31.7 Å². The maximum Gasteiger partial charge on any atom is 0.235 e. The summed E-state index contributed by atoms with van der Waals surface area (Å²) in [5, 5.41) is 2.57. The van der Waals surface area contributed by atoms with Crippen LogP contribution < -0.4 is 5.32 Å². The van der Waals surface area contributed by atoms with Gasteiger partial charge in [0.1, 0.15) is 17.3 Å². The average molecular weight is 449 g/mol. The first kappa shape index (κ1) is 19.3. The summed E-state index contributed by atoms with van der Waals surface area (Å²) in [6.45, 7) is 0.120. The van der Waals surface area contributed by atoms with Crippen molar-refractivity contribution in [3.63, 3.8) is 0 Å². The van der Waals surface area contributed by atoms with Gasteiger partial charge in [-0.3, -0.25) is 9.78 Å². The van der Waals surface area contributed by atoms with E-state index in [1.165, 1.54) is 6.20 Å². The Morgan fingerprint density at radius 3 is 2.56 bits per heavy atom. The van der Waals surface area contributed by atoms with Crippen molar-refractivity contribution < 1.29 is 17.6 Å². The molecule has 1 amide bonds. The van der Waals surface area contributed by atoms with Gasteiger partial charge in [0.25, 0.3) is 0 Å². The number of nitrogens with zero attached hydrogens (tertiary/aromatic N) is 1. The normalized spacial score (nSPS) is 11.3. The van der Waals surface area contributed by atoms with Crippen LogP contribution in [0.3, 0.4) is 0 Å². The molecule has 1 aromatic carbocycles. The molecule has 6 nitrogen and oxygen atoms in total. The zero-order valence-electron chi connectivity index (χ0n) is 14.3. The van der Waals surface area contributed by atoms with E-state index in [0.717, 1.165) is 10.0 Å². The molecule has 3 rings (SSSR count). The fourth-order valence-electron chi connectivity index (χ4n) is 2.44. The van der Waals surface area contributed by atoms with Gasteiger partial charge in [0.15, 0.2) is 9.84 Å². The lowest BCUT2D eigenvalue weighted by Gasteiger charge is -2.05. The Hall–Kier alpha value is -2.45. The van der Waals surface area contributed by atoms with E-state index < -0.39 is 21.5 Å². The van der Waals surface area contributed by atoms with Crippen LogP contribution in [0.4, 0.5) is 0 Å². The van der Waals surface area contributed by atoms with Crippen LogP contribution in [-0.2, 0) is 26.9 Å². The second kappa shape index (κ2) is 8.49. The summed E-state index contributed by atoms with van der Waals surface area (Å²) in [5.74, 6) is -0.218. The Morgan fingerprint density at radius 2 is 1.85 bits per heavy atom. The Morgan fingerprint density at radius 1 is 1.07 bits per heavy atom. The lowest BCUT2D eigenvalue weighted by molar-refractivity contribution is -0.118. The van der Waals surface area contributed by atoms with Gasteiger partial charge in [0.05, 0.1) is 18.0 Å².